The summed E-state index contributed by atoms with van der Waals surface area (Å²) in [5, 5.41) is 0. The lowest BCUT2D eigenvalue weighted by molar-refractivity contribution is 0.898. The van der Waals surface area contributed by atoms with Crippen LogP contribution in [0.3, 0.4) is 0 Å². The first kappa shape index (κ1) is 12.5. The summed E-state index contributed by atoms with van der Waals surface area (Å²) >= 11 is 0. The zero-order valence-corrected chi connectivity index (χ0v) is 9.91. The van der Waals surface area contributed by atoms with Gasteiger partial charge in [0.25, 0.3) is 0 Å². The Kier molecular flexibility index (Phi) is 6.66. The molecule has 0 aliphatic heterocycles. The highest BCUT2D eigenvalue weighted by atomic mass is 14.0. The molecule has 0 rings (SSSR count). The molecule has 0 N–H and O–H groups in total. The molecule has 0 saturated heterocycles. The summed E-state index contributed by atoms with van der Waals surface area (Å²) in [6, 6.07) is 0. The zero-order chi connectivity index (χ0) is 10.3. The van der Waals surface area contributed by atoms with E-state index in [1.807, 2.05) is 0 Å². The molecule has 0 atom stereocenters. The topological polar surface area (TPSA) is 0 Å². The third kappa shape index (κ3) is 4.92. The maximum atomic E-state index is 2.38. The van der Waals surface area contributed by atoms with Gasteiger partial charge < -0.3 is 0 Å². The Morgan fingerprint density at radius 3 is 2.00 bits per heavy atom. The Morgan fingerprint density at radius 2 is 1.62 bits per heavy atom. The lowest BCUT2D eigenvalue weighted by Crippen LogP contribution is -1.85. The van der Waals surface area contributed by atoms with E-state index in [9.17, 15) is 0 Å². The first-order valence-electron chi connectivity index (χ1n) is 5.51. The van der Waals surface area contributed by atoms with E-state index in [0.717, 1.165) is 0 Å². The predicted octanol–water partition coefficient (Wildman–Crippen LogP) is 4.87. The van der Waals surface area contributed by atoms with E-state index < -0.39 is 0 Å². The van der Waals surface area contributed by atoms with E-state index in [2.05, 4.69) is 40.7 Å². The Bertz CT molecular complexity index is 194. The first-order chi connectivity index (χ1) is 6.15. The number of allylic oxidation sites excluding steroid dienone is 4. The van der Waals surface area contributed by atoms with Crippen molar-refractivity contribution < 1.29 is 0 Å². The molecule has 0 aliphatic carbocycles. The van der Waals surface area contributed by atoms with Crippen LogP contribution in [0.4, 0.5) is 0 Å². The van der Waals surface area contributed by atoms with Gasteiger partial charge in [-0.3, -0.25) is 0 Å². The Labute approximate surface area is 83.7 Å². The summed E-state index contributed by atoms with van der Waals surface area (Å²) in [7, 11) is 0. The highest BCUT2D eigenvalue weighted by molar-refractivity contribution is 5.27. The van der Waals surface area contributed by atoms with Crippen molar-refractivity contribution >= 4 is 0 Å². The highest BCUT2D eigenvalue weighted by Gasteiger charge is 1.96. The van der Waals surface area contributed by atoms with Gasteiger partial charge in [0.15, 0.2) is 0 Å². The summed E-state index contributed by atoms with van der Waals surface area (Å²) in [5.74, 6) is 0. The minimum atomic E-state index is 1.17. The molecular weight excluding hydrogens is 156 g/mol. The molecule has 0 aromatic heterocycles. The van der Waals surface area contributed by atoms with Crippen LogP contribution in [0, 0.1) is 0 Å². The second-order valence-corrected chi connectivity index (χ2v) is 3.75. The maximum Gasteiger partial charge on any atom is -0.0308 e. The van der Waals surface area contributed by atoms with Crippen molar-refractivity contribution in [3.63, 3.8) is 0 Å². The lowest BCUT2D eigenvalue weighted by atomic mass is 10.0. The van der Waals surface area contributed by atoms with Gasteiger partial charge in [-0.25, -0.2) is 0 Å². The third-order valence-corrected chi connectivity index (χ3v) is 2.52. The van der Waals surface area contributed by atoms with Crippen LogP contribution in [-0.4, -0.2) is 0 Å². The molecule has 0 aromatic rings. The van der Waals surface area contributed by atoms with Crippen LogP contribution < -0.4 is 0 Å². The van der Waals surface area contributed by atoms with Gasteiger partial charge in [-0.05, 0) is 38.7 Å². The van der Waals surface area contributed by atoms with E-state index in [4.69, 9.17) is 0 Å². The summed E-state index contributed by atoms with van der Waals surface area (Å²) < 4.78 is 0. The van der Waals surface area contributed by atoms with Crippen molar-refractivity contribution in [1.29, 1.82) is 0 Å². The molecule has 0 nitrogen and oxygen atoms in total. The molecule has 13 heavy (non-hydrogen) atoms. The molecule has 0 aromatic carbocycles. The molecule has 0 amide bonds. The number of rotatable bonds is 5. The van der Waals surface area contributed by atoms with E-state index in [1.165, 1.54) is 42.4 Å². The molecule has 0 radical (unpaired) electrons. The quantitative estimate of drug-likeness (QED) is 0.529. The van der Waals surface area contributed by atoms with Crippen LogP contribution in [0.2, 0.25) is 0 Å². The van der Waals surface area contributed by atoms with Crippen molar-refractivity contribution in [1.82, 2.24) is 0 Å². The van der Waals surface area contributed by atoms with Crippen LogP contribution in [0.25, 0.3) is 0 Å². The van der Waals surface area contributed by atoms with Gasteiger partial charge in [0.1, 0.15) is 0 Å². The van der Waals surface area contributed by atoms with Gasteiger partial charge in [-0.2, -0.15) is 0 Å². The maximum absolute atomic E-state index is 2.38. The smallest absolute Gasteiger partial charge is 0.0308 e. The second kappa shape index (κ2) is 6.94. The SMILES string of the molecule is CCC/C(C)=C\C(CC)=C(/C)CC. The van der Waals surface area contributed by atoms with Crippen LogP contribution in [-0.2, 0) is 0 Å². The molecule has 0 fully saturated rings. The summed E-state index contributed by atoms with van der Waals surface area (Å²) in [4.78, 5) is 0. The van der Waals surface area contributed by atoms with Crippen LogP contribution in [0.5, 0.6) is 0 Å². The monoisotopic (exact) mass is 180 g/mol. The fraction of sp³-hybridized carbons (Fsp3) is 0.692. The van der Waals surface area contributed by atoms with Gasteiger partial charge in [-0.15, -0.1) is 0 Å². The van der Waals surface area contributed by atoms with Crippen molar-refractivity contribution in [3.05, 3.63) is 22.8 Å². The Balaban J connectivity index is 4.52. The molecule has 0 aliphatic rings. The molecule has 0 heterocycles. The molecule has 0 bridgehead atoms. The summed E-state index contributed by atoms with van der Waals surface area (Å²) in [5.41, 5.74) is 4.60. The van der Waals surface area contributed by atoms with Gasteiger partial charge in [0, 0.05) is 0 Å². The number of hydrogen-bond donors (Lipinski definition) is 0. The van der Waals surface area contributed by atoms with Crippen molar-refractivity contribution in [3.8, 4) is 0 Å². The largest absolute Gasteiger partial charge is 0.0731 e. The van der Waals surface area contributed by atoms with Gasteiger partial charge in [-0.1, -0.05) is 44.4 Å². The van der Waals surface area contributed by atoms with E-state index in [-0.39, 0.29) is 0 Å². The minimum absolute atomic E-state index is 1.17. The molecule has 0 heteroatoms. The fourth-order valence-electron chi connectivity index (χ4n) is 1.52. The minimum Gasteiger partial charge on any atom is -0.0731 e. The zero-order valence-electron chi connectivity index (χ0n) is 9.91. The normalized spacial score (nSPS) is 14.4. The molecular formula is C13H24. The Morgan fingerprint density at radius 1 is 1.00 bits per heavy atom. The van der Waals surface area contributed by atoms with Crippen LogP contribution in [0.1, 0.15) is 60.3 Å². The molecule has 0 saturated carbocycles. The van der Waals surface area contributed by atoms with Crippen LogP contribution >= 0.6 is 0 Å². The van der Waals surface area contributed by atoms with E-state index in [0.29, 0.717) is 0 Å². The van der Waals surface area contributed by atoms with Crippen LogP contribution in [0.15, 0.2) is 22.8 Å². The molecule has 0 unspecified atom stereocenters. The third-order valence-electron chi connectivity index (χ3n) is 2.52. The fourth-order valence-corrected chi connectivity index (χ4v) is 1.52. The molecule has 76 valence electrons. The average Bonchev–Trinajstić information content (AvgIpc) is 2.13. The van der Waals surface area contributed by atoms with Gasteiger partial charge in [0.2, 0.25) is 0 Å². The van der Waals surface area contributed by atoms with Gasteiger partial charge >= 0.3 is 0 Å². The first-order valence-corrected chi connectivity index (χ1v) is 5.51. The average molecular weight is 180 g/mol. The predicted molar refractivity (Wildman–Crippen MR) is 61.9 cm³/mol. The van der Waals surface area contributed by atoms with Crippen molar-refractivity contribution in [2.24, 2.45) is 0 Å². The molecule has 0 spiro atoms. The van der Waals surface area contributed by atoms with E-state index >= 15 is 0 Å². The lowest BCUT2D eigenvalue weighted by Gasteiger charge is -2.06. The van der Waals surface area contributed by atoms with Gasteiger partial charge in [0.05, 0.1) is 0 Å². The second-order valence-electron chi connectivity index (χ2n) is 3.75. The summed E-state index contributed by atoms with van der Waals surface area (Å²) in [6.45, 7) is 11.2. The Hall–Kier alpha value is -0.520. The highest BCUT2D eigenvalue weighted by Crippen LogP contribution is 2.16. The van der Waals surface area contributed by atoms with Crippen molar-refractivity contribution in [2.45, 2.75) is 60.3 Å². The summed E-state index contributed by atoms with van der Waals surface area (Å²) in [6.07, 6.45) is 7.22. The number of hydrogen-bond acceptors (Lipinski definition) is 0. The standard InChI is InChI=1S/C13H24/c1-6-9-11(4)10-13(8-3)12(5)7-2/h10H,6-9H2,1-5H3/b11-10-,13-12+. The van der Waals surface area contributed by atoms with Crippen molar-refractivity contribution in [2.75, 3.05) is 0 Å². The van der Waals surface area contributed by atoms with E-state index in [1.54, 1.807) is 0 Å².